The fraction of sp³-hybridized carbons (Fsp3) is 0.500. The van der Waals surface area contributed by atoms with Crippen molar-refractivity contribution in [2.24, 2.45) is 5.92 Å². The third-order valence-corrected chi connectivity index (χ3v) is 2.04. The summed E-state index contributed by atoms with van der Waals surface area (Å²) < 4.78 is 0. The first-order valence-electron chi connectivity index (χ1n) is 3.31. The fourth-order valence-corrected chi connectivity index (χ4v) is 1.55. The van der Waals surface area contributed by atoms with Gasteiger partial charge in [0.15, 0.2) is 0 Å². The van der Waals surface area contributed by atoms with Crippen LogP contribution in [0.1, 0.15) is 19.3 Å². The second-order valence-electron chi connectivity index (χ2n) is 2.72. The molecule has 2 aliphatic carbocycles. The van der Waals surface area contributed by atoms with Gasteiger partial charge in [-0.2, -0.15) is 0 Å². The van der Waals surface area contributed by atoms with Crippen LogP contribution < -0.4 is 0 Å². The molecule has 0 radical (unpaired) electrons. The molecule has 0 spiro atoms. The summed E-state index contributed by atoms with van der Waals surface area (Å²) in [5, 5.41) is 0. The molecule has 0 saturated heterocycles. The van der Waals surface area contributed by atoms with Crippen molar-refractivity contribution >= 4 is 0 Å². The lowest BCUT2D eigenvalue weighted by Crippen LogP contribution is -1.94. The Bertz CT molecular complexity index is 149. The van der Waals surface area contributed by atoms with Crippen LogP contribution in [0.3, 0.4) is 0 Å². The Balaban J connectivity index is 2.31. The Morgan fingerprint density at radius 1 is 1.38 bits per heavy atom. The SMILES string of the molecule is C1=CC2=CCC(C1)C2. The van der Waals surface area contributed by atoms with Crippen LogP contribution in [0.15, 0.2) is 23.8 Å². The van der Waals surface area contributed by atoms with Crippen molar-refractivity contribution in [2.75, 3.05) is 0 Å². The highest BCUT2D eigenvalue weighted by Crippen LogP contribution is 2.32. The minimum atomic E-state index is 0.981. The van der Waals surface area contributed by atoms with Crippen LogP contribution in [0.4, 0.5) is 0 Å². The molecule has 0 nitrogen and oxygen atoms in total. The molecule has 0 aromatic heterocycles. The molecule has 0 amide bonds. The topological polar surface area (TPSA) is 0 Å². The van der Waals surface area contributed by atoms with E-state index in [0.717, 1.165) is 5.92 Å². The van der Waals surface area contributed by atoms with Crippen LogP contribution in [0.5, 0.6) is 0 Å². The molecule has 0 fully saturated rings. The predicted octanol–water partition coefficient (Wildman–Crippen LogP) is 2.28. The first-order valence-corrected chi connectivity index (χ1v) is 3.31. The van der Waals surface area contributed by atoms with E-state index in [0.29, 0.717) is 0 Å². The summed E-state index contributed by atoms with van der Waals surface area (Å²) in [4.78, 5) is 0. The van der Waals surface area contributed by atoms with Gasteiger partial charge in [-0.3, -0.25) is 0 Å². The van der Waals surface area contributed by atoms with Gasteiger partial charge in [-0.15, -0.1) is 0 Å². The molecule has 0 heterocycles. The first kappa shape index (κ1) is 4.37. The van der Waals surface area contributed by atoms with Gasteiger partial charge in [-0.1, -0.05) is 23.8 Å². The van der Waals surface area contributed by atoms with Crippen molar-refractivity contribution in [3.05, 3.63) is 23.8 Å². The average molecular weight is 106 g/mol. The molecule has 0 N–H and O–H groups in total. The second kappa shape index (κ2) is 1.48. The standard InChI is InChI=1S/C8H10/c1-2-7-4-5-8(3-1)6-7/h1-2,4,8H,3,5-6H2. The molecule has 0 aromatic rings. The largest absolute Gasteiger partial charge is 0.0840 e. The lowest BCUT2D eigenvalue weighted by molar-refractivity contribution is 0.565. The minimum absolute atomic E-state index is 0.981. The molecule has 0 heteroatoms. The second-order valence-corrected chi connectivity index (χ2v) is 2.72. The highest BCUT2D eigenvalue weighted by molar-refractivity contribution is 5.27. The van der Waals surface area contributed by atoms with Crippen molar-refractivity contribution in [2.45, 2.75) is 19.3 Å². The Labute approximate surface area is 49.9 Å². The van der Waals surface area contributed by atoms with Gasteiger partial charge in [0.2, 0.25) is 0 Å². The highest BCUT2D eigenvalue weighted by Gasteiger charge is 2.16. The fourth-order valence-electron chi connectivity index (χ4n) is 1.55. The molecule has 2 aliphatic rings. The quantitative estimate of drug-likeness (QED) is 0.444. The summed E-state index contributed by atoms with van der Waals surface area (Å²) in [5.41, 5.74) is 1.57. The molecule has 8 heavy (non-hydrogen) atoms. The summed E-state index contributed by atoms with van der Waals surface area (Å²) in [5.74, 6) is 0.981. The molecule has 2 bridgehead atoms. The Hall–Kier alpha value is -0.520. The molecule has 0 saturated carbocycles. The van der Waals surface area contributed by atoms with Gasteiger partial charge in [0.05, 0.1) is 0 Å². The van der Waals surface area contributed by atoms with Crippen LogP contribution in [0, 0.1) is 5.92 Å². The molecule has 1 unspecified atom stereocenters. The number of hydrogen-bond acceptors (Lipinski definition) is 0. The van der Waals surface area contributed by atoms with Crippen LogP contribution in [0.25, 0.3) is 0 Å². The van der Waals surface area contributed by atoms with Gasteiger partial charge in [0.25, 0.3) is 0 Å². The van der Waals surface area contributed by atoms with E-state index >= 15 is 0 Å². The Kier molecular flexibility index (Phi) is 0.806. The maximum absolute atomic E-state index is 2.37. The van der Waals surface area contributed by atoms with E-state index in [-0.39, 0.29) is 0 Å². The number of allylic oxidation sites excluding steroid dienone is 4. The molecular weight excluding hydrogens is 96.1 g/mol. The van der Waals surface area contributed by atoms with Crippen LogP contribution >= 0.6 is 0 Å². The zero-order valence-electron chi connectivity index (χ0n) is 4.93. The molecular formula is C8H10. The lowest BCUT2D eigenvalue weighted by Gasteiger charge is -2.08. The summed E-state index contributed by atoms with van der Waals surface area (Å²) in [6.45, 7) is 0. The number of rotatable bonds is 0. The third-order valence-electron chi connectivity index (χ3n) is 2.04. The smallest absolute Gasteiger partial charge is 0.0248 e. The third kappa shape index (κ3) is 0.525. The predicted molar refractivity (Wildman–Crippen MR) is 34.6 cm³/mol. The van der Waals surface area contributed by atoms with E-state index < -0.39 is 0 Å². The van der Waals surface area contributed by atoms with Crippen molar-refractivity contribution in [1.82, 2.24) is 0 Å². The van der Waals surface area contributed by atoms with Crippen molar-refractivity contribution in [1.29, 1.82) is 0 Å². The number of fused-ring (bicyclic) bond motifs is 2. The normalized spacial score (nSPS) is 33.0. The summed E-state index contributed by atoms with van der Waals surface area (Å²) in [6.07, 6.45) is 10.9. The van der Waals surface area contributed by atoms with Gasteiger partial charge in [-0.25, -0.2) is 0 Å². The van der Waals surface area contributed by atoms with Gasteiger partial charge < -0.3 is 0 Å². The van der Waals surface area contributed by atoms with Crippen LogP contribution in [0.2, 0.25) is 0 Å². The van der Waals surface area contributed by atoms with Crippen molar-refractivity contribution < 1.29 is 0 Å². The molecule has 0 aliphatic heterocycles. The Morgan fingerprint density at radius 2 is 2.38 bits per heavy atom. The maximum Gasteiger partial charge on any atom is -0.0248 e. The summed E-state index contributed by atoms with van der Waals surface area (Å²) in [7, 11) is 0. The maximum atomic E-state index is 2.37. The first-order chi connectivity index (χ1) is 3.95. The van der Waals surface area contributed by atoms with Gasteiger partial charge in [0, 0.05) is 0 Å². The minimum Gasteiger partial charge on any atom is -0.0840 e. The van der Waals surface area contributed by atoms with E-state index in [1.54, 1.807) is 5.57 Å². The monoisotopic (exact) mass is 106 g/mol. The highest BCUT2D eigenvalue weighted by atomic mass is 14.2. The summed E-state index contributed by atoms with van der Waals surface area (Å²) >= 11 is 0. The Morgan fingerprint density at radius 3 is 3.12 bits per heavy atom. The van der Waals surface area contributed by atoms with Crippen molar-refractivity contribution in [3.8, 4) is 0 Å². The van der Waals surface area contributed by atoms with Crippen molar-refractivity contribution in [3.63, 3.8) is 0 Å². The van der Waals surface area contributed by atoms with Crippen LogP contribution in [-0.4, -0.2) is 0 Å². The zero-order chi connectivity index (χ0) is 5.40. The molecule has 42 valence electrons. The van der Waals surface area contributed by atoms with E-state index in [1.165, 1.54) is 19.3 Å². The summed E-state index contributed by atoms with van der Waals surface area (Å²) in [6, 6.07) is 0. The number of hydrogen-bond donors (Lipinski definition) is 0. The van der Waals surface area contributed by atoms with E-state index in [4.69, 9.17) is 0 Å². The van der Waals surface area contributed by atoms with Gasteiger partial charge >= 0.3 is 0 Å². The molecule has 1 atom stereocenters. The van der Waals surface area contributed by atoms with Crippen LogP contribution in [-0.2, 0) is 0 Å². The molecule has 2 rings (SSSR count). The van der Waals surface area contributed by atoms with E-state index in [9.17, 15) is 0 Å². The molecule has 0 aromatic carbocycles. The average Bonchev–Trinajstić information content (AvgIpc) is 2.12. The zero-order valence-corrected chi connectivity index (χ0v) is 4.93. The van der Waals surface area contributed by atoms with E-state index in [2.05, 4.69) is 18.2 Å². The van der Waals surface area contributed by atoms with Gasteiger partial charge in [0.1, 0.15) is 0 Å². The van der Waals surface area contributed by atoms with Gasteiger partial charge in [-0.05, 0) is 25.2 Å². The lowest BCUT2D eigenvalue weighted by atomic mass is 9.97. The van der Waals surface area contributed by atoms with E-state index in [1.807, 2.05) is 0 Å².